The molecule has 2 aromatic carbocycles. The first-order valence-corrected chi connectivity index (χ1v) is 8.73. The molecule has 7 nitrogen and oxygen atoms in total. The second-order valence-corrected chi connectivity index (χ2v) is 6.30. The van der Waals surface area contributed by atoms with Crippen LogP contribution in [0, 0.1) is 6.92 Å². The van der Waals surface area contributed by atoms with Crippen molar-refractivity contribution >= 4 is 34.4 Å². The molecule has 140 valence electrons. The van der Waals surface area contributed by atoms with Gasteiger partial charge in [0.25, 0.3) is 11.8 Å². The average Bonchev–Trinajstić information content (AvgIpc) is 2.99. The highest BCUT2D eigenvalue weighted by atomic mass is 35.5. The van der Waals surface area contributed by atoms with Crippen LogP contribution >= 0.6 is 11.6 Å². The summed E-state index contributed by atoms with van der Waals surface area (Å²) in [4.78, 5) is 29.2. The molecule has 0 aliphatic carbocycles. The molecule has 0 spiro atoms. The number of imidazole rings is 1. The van der Waals surface area contributed by atoms with Crippen LogP contribution in [0.1, 0.15) is 33.5 Å². The van der Waals surface area contributed by atoms with Crippen molar-refractivity contribution in [2.75, 3.05) is 7.11 Å². The Bertz CT molecular complexity index is 1030. The van der Waals surface area contributed by atoms with Crippen molar-refractivity contribution < 1.29 is 14.3 Å². The second kappa shape index (κ2) is 7.67. The zero-order valence-corrected chi connectivity index (χ0v) is 15.9. The van der Waals surface area contributed by atoms with Crippen LogP contribution in [0.3, 0.4) is 0 Å². The molecule has 0 fully saturated rings. The Morgan fingerprint density at radius 3 is 2.59 bits per heavy atom. The van der Waals surface area contributed by atoms with E-state index in [1.807, 2.05) is 19.9 Å². The predicted molar refractivity (Wildman–Crippen MR) is 103 cm³/mol. The number of aromatic nitrogens is 2. The summed E-state index contributed by atoms with van der Waals surface area (Å²) in [5.41, 5.74) is 7.06. The minimum absolute atomic E-state index is 0.220. The van der Waals surface area contributed by atoms with Crippen molar-refractivity contribution in [3.05, 3.63) is 58.4 Å². The van der Waals surface area contributed by atoms with Crippen LogP contribution in [0.5, 0.6) is 5.75 Å². The molecule has 0 radical (unpaired) electrons. The van der Waals surface area contributed by atoms with Crippen molar-refractivity contribution in [3.63, 3.8) is 0 Å². The lowest BCUT2D eigenvalue weighted by Crippen LogP contribution is -2.41. The quantitative estimate of drug-likeness (QED) is 0.675. The van der Waals surface area contributed by atoms with Crippen molar-refractivity contribution in [3.8, 4) is 5.75 Å². The van der Waals surface area contributed by atoms with Gasteiger partial charge in [-0.15, -0.1) is 0 Å². The smallest absolute Gasteiger partial charge is 0.273 e. The fourth-order valence-electron chi connectivity index (χ4n) is 2.90. The van der Waals surface area contributed by atoms with Crippen LogP contribution in [0.4, 0.5) is 0 Å². The highest BCUT2D eigenvalue weighted by Crippen LogP contribution is 2.22. The molecule has 27 heavy (non-hydrogen) atoms. The van der Waals surface area contributed by atoms with Crippen molar-refractivity contribution in [1.29, 1.82) is 0 Å². The lowest BCUT2D eigenvalue weighted by molar-refractivity contribution is 0.0845. The van der Waals surface area contributed by atoms with Gasteiger partial charge in [0.1, 0.15) is 11.6 Å². The number of carbonyl (C=O) groups is 2. The molecule has 0 aliphatic rings. The summed E-state index contributed by atoms with van der Waals surface area (Å²) >= 11 is 5.93. The molecule has 2 N–H and O–H groups in total. The Kier molecular flexibility index (Phi) is 5.32. The summed E-state index contributed by atoms with van der Waals surface area (Å²) < 4.78 is 7.20. The Balaban J connectivity index is 1.75. The zero-order chi connectivity index (χ0) is 19.6. The minimum atomic E-state index is -0.533. The van der Waals surface area contributed by atoms with Crippen molar-refractivity contribution in [1.82, 2.24) is 20.4 Å². The van der Waals surface area contributed by atoms with Crippen LogP contribution in [-0.2, 0) is 6.54 Å². The van der Waals surface area contributed by atoms with E-state index in [1.165, 1.54) is 13.2 Å². The van der Waals surface area contributed by atoms with Gasteiger partial charge in [-0.3, -0.25) is 20.4 Å². The number of hydrazine groups is 1. The summed E-state index contributed by atoms with van der Waals surface area (Å²) in [6.45, 7) is 4.75. The maximum atomic E-state index is 12.4. The van der Waals surface area contributed by atoms with E-state index in [1.54, 1.807) is 24.3 Å². The van der Waals surface area contributed by atoms with E-state index in [-0.39, 0.29) is 5.56 Å². The summed E-state index contributed by atoms with van der Waals surface area (Å²) in [6, 6.07) is 9.89. The lowest BCUT2D eigenvalue weighted by Gasteiger charge is -2.11. The average molecular weight is 387 g/mol. The molecule has 0 saturated carbocycles. The number of nitrogens with one attached hydrogen (secondary N) is 2. The number of halogens is 1. The molecule has 1 heterocycles. The highest BCUT2D eigenvalue weighted by molar-refractivity contribution is 6.31. The molecular weight excluding hydrogens is 368 g/mol. The Morgan fingerprint density at radius 1 is 1.15 bits per heavy atom. The first kappa shape index (κ1) is 18.7. The first-order valence-electron chi connectivity index (χ1n) is 8.35. The van der Waals surface area contributed by atoms with Gasteiger partial charge >= 0.3 is 0 Å². The third-order valence-corrected chi connectivity index (χ3v) is 4.45. The number of benzene rings is 2. The van der Waals surface area contributed by atoms with Gasteiger partial charge in [0.2, 0.25) is 0 Å². The monoisotopic (exact) mass is 386 g/mol. The lowest BCUT2D eigenvalue weighted by atomic mass is 10.2. The molecule has 1 aromatic heterocycles. The fourth-order valence-corrected chi connectivity index (χ4v) is 3.07. The first-order chi connectivity index (χ1) is 12.9. The van der Waals surface area contributed by atoms with Crippen LogP contribution in [0.25, 0.3) is 11.0 Å². The standard InChI is InChI=1S/C19H19ClN4O3/c1-4-24-11(2)21-15-9-12(5-7-16(15)24)18(25)22-23-19(26)14-10-13(20)6-8-17(14)27-3/h5-10H,4H2,1-3H3,(H,22,25)(H,23,26). The fraction of sp³-hybridized carbons (Fsp3) is 0.211. The number of rotatable bonds is 4. The van der Waals surface area contributed by atoms with Crippen molar-refractivity contribution in [2.45, 2.75) is 20.4 Å². The van der Waals surface area contributed by atoms with Crippen LogP contribution in [0.2, 0.25) is 5.02 Å². The van der Waals surface area contributed by atoms with Gasteiger partial charge in [-0.25, -0.2) is 4.98 Å². The topological polar surface area (TPSA) is 85.3 Å². The van der Waals surface area contributed by atoms with E-state index < -0.39 is 11.8 Å². The van der Waals surface area contributed by atoms with Crippen molar-refractivity contribution in [2.24, 2.45) is 0 Å². The molecule has 0 unspecified atom stereocenters. The van der Waals surface area contributed by atoms with Gasteiger partial charge in [0, 0.05) is 17.1 Å². The largest absolute Gasteiger partial charge is 0.496 e. The summed E-state index contributed by atoms with van der Waals surface area (Å²) in [5, 5.41) is 0.389. The Labute approximate surface area is 161 Å². The minimum Gasteiger partial charge on any atom is -0.496 e. The Hall–Kier alpha value is -3.06. The number of amides is 2. The SMILES string of the molecule is CCn1c(C)nc2cc(C(=O)NNC(=O)c3cc(Cl)ccc3OC)ccc21. The van der Waals surface area contributed by atoms with Gasteiger partial charge in [-0.05, 0) is 50.2 Å². The van der Waals surface area contributed by atoms with E-state index in [4.69, 9.17) is 16.3 Å². The predicted octanol–water partition coefficient (Wildman–Crippen LogP) is 3.10. The van der Waals surface area contributed by atoms with Gasteiger partial charge in [-0.1, -0.05) is 11.6 Å². The van der Waals surface area contributed by atoms with Gasteiger partial charge < -0.3 is 9.30 Å². The molecule has 3 aromatic rings. The maximum Gasteiger partial charge on any atom is 0.273 e. The molecule has 0 aliphatic heterocycles. The summed E-state index contributed by atoms with van der Waals surface area (Å²) in [6.07, 6.45) is 0. The number of hydrogen-bond donors (Lipinski definition) is 2. The van der Waals surface area contributed by atoms with Crippen LogP contribution in [-0.4, -0.2) is 28.5 Å². The third-order valence-electron chi connectivity index (χ3n) is 4.21. The molecular formula is C19H19ClN4O3. The van der Waals surface area contributed by atoms with E-state index in [2.05, 4.69) is 20.4 Å². The zero-order valence-electron chi connectivity index (χ0n) is 15.2. The molecule has 8 heteroatoms. The summed E-state index contributed by atoms with van der Waals surface area (Å²) in [7, 11) is 1.45. The summed E-state index contributed by atoms with van der Waals surface area (Å²) in [5.74, 6) is 0.254. The van der Waals surface area contributed by atoms with E-state index in [9.17, 15) is 9.59 Å². The highest BCUT2D eigenvalue weighted by Gasteiger charge is 2.15. The second-order valence-electron chi connectivity index (χ2n) is 5.86. The number of hydrogen-bond acceptors (Lipinski definition) is 4. The molecule has 0 saturated heterocycles. The van der Waals surface area contributed by atoms with Gasteiger partial charge in [0.05, 0.1) is 23.7 Å². The molecule has 2 amide bonds. The number of fused-ring (bicyclic) bond motifs is 1. The number of aryl methyl sites for hydroxylation is 2. The normalized spacial score (nSPS) is 10.7. The number of nitrogens with zero attached hydrogens (tertiary/aromatic N) is 2. The van der Waals surface area contributed by atoms with E-state index in [0.29, 0.717) is 16.3 Å². The Morgan fingerprint density at radius 2 is 1.89 bits per heavy atom. The number of carbonyl (C=O) groups excluding carboxylic acids is 2. The molecule has 0 atom stereocenters. The van der Waals surface area contributed by atoms with Gasteiger partial charge in [-0.2, -0.15) is 0 Å². The number of ether oxygens (including phenoxy) is 1. The van der Waals surface area contributed by atoms with Gasteiger partial charge in [0.15, 0.2) is 0 Å². The molecule has 0 bridgehead atoms. The number of methoxy groups -OCH3 is 1. The van der Waals surface area contributed by atoms with E-state index in [0.717, 1.165) is 23.4 Å². The van der Waals surface area contributed by atoms with Crippen LogP contribution in [0.15, 0.2) is 36.4 Å². The molecule has 3 rings (SSSR count). The third kappa shape index (κ3) is 3.73. The van der Waals surface area contributed by atoms with E-state index >= 15 is 0 Å². The van der Waals surface area contributed by atoms with Crippen LogP contribution < -0.4 is 15.6 Å². The maximum absolute atomic E-state index is 12.4.